The molecule has 0 aliphatic heterocycles. The number of fused-ring (bicyclic) bond motifs is 12. The van der Waals surface area contributed by atoms with Gasteiger partial charge in [0, 0.05) is 61.9 Å². The molecule has 0 radical (unpaired) electrons. The minimum absolute atomic E-state index is 0.921. The van der Waals surface area contributed by atoms with Crippen LogP contribution < -0.4 is 0 Å². The van der Waals surface area contributed by atoms with Crippen molar-refractivity contribution in [3.8, 4) is 89.0 Å². The molecule has 0 bridgehead atoms. The van der Waals surface area contributed by atoms with Gasteiger partial charge in [0.25, 0.3) is 0 Å². The van der Waals surface area contributed by atoms with Gasteiger partial charge in [-0.15, -0.1) is 22.7 Å². The highest BCUT2D eigenvalue weighted by atomic mass is 32.1. The first-order valence-electron chi connectivity index (χ1n) is 29.8. The van der Waals surface area contributed by atoms with E-state index in [1.54, 1.807) is 0 Å². The largest absolute Gasteiger partial charge is 0.456 e. The Balaban J connectivity index is 0.000000137. The molecule has 0 unspecified atom stereocenters. The van der Waals surface area contributed by atoms with Crippen LogP contribution in [0.4, 0.5) is 0 Å². The second-order valence-corrected chi connectivity index (χ2v) is 24.8. The molecular weight excluding hydrogens is 1110 g/mol. The molecular formula is C84H52O2S2. The standard InChI is InChI=1S/2C42H26OS/c1-4-12-27(13-5-1)33-26-39-42(41(29-16-8-3-9-17-29)40(33)28-14-6-2-7-15-28)35-25-31(21-23-38(35)44-39)30-20-22-37-34(24-30)32-18-10-11-19-36(32)43-37;1-3-9-27(10-4-1)32-21-33(28-11-5-2-6-12-28)23-34(22-32)31-17-20-42-38(26-31)37-25-30(16-19-41(37)44-42)29-15-18-40-36(24-29)35-13-7-8-14-39(35)43-40/h2*1-26H. The van der Waals surface area contributed by atoms with E-state index in [9.17, 15) is 0 Å². The van der Waals surface area contributed by atoms with Gasteiger partial charge in [-0.1, -0.05) is 218 Å². The van der Waals surface area contributed by atoms with Gasteiger partial charge in [-0.25, -0.2) is 0 Å². The molecule has 412 valence electrons. The predicted molar refractivity (Wildman–Crippen MR) is 377 cm³/mol. The molecule has 2 nitrogen and oxygen atoms in total. The van der Waals surface area contributed by atoms with Crippen LogP contribution in [0.15, 0.2) is 324 Å². The van der Waals surface area contributed by atoms with E-state index >= 15 is 0 Å². The van der Waals surface area contributed by atoms with Crippen LogP contribution in [0, 0.1) is 0 Å². The molecule has 0 amide bonds. The van der Waals surface area contributed by atoms with Crippen LogP contribution in [0.1, 0.15) is 0 Å². The lowest BCUT2D eigenvalue weighted by atomic mass is 9.85. The smallest absolute Gasteiger partial charge is 0.135 e. The van der Waals surface area contributed by atoms with Gasteiger partial charge in [0.1, 0.15) is 22.3 Å². The number of benzene rings is 14. The Kier molecular flexibility index (Phi) is 12.6. The van der Waals surface area contributed by atoms with Crippen molar-refractivity contribution in [2.24, 2.45) is 0 Å². The summed E-state index contributed by atoms with van der Waals surface area (Å²) in [6, 6.07) is 114. The van der Waals surface area contributed by atoms with Crippen LogP contribution in [-0.4, -0.2) is 0 Å². The van der Waals surface area contributed by atoms with Crippen molar-refractivity contribution < 1.29 is 8.83 Å². The van der Waals surface area contributed by atoms with Crippen LogP contribution in [0.2, 0.25) is 0 Å². The van der Waals surface area contributed by atoms with E-state index in [1.165, 1.54) is 129 Å². The number of para-hydroxylation sites is 2. The highest BCUT2D eigenvalue weighted by molar-refractivity contribution is 7.26. The summed E-state index contributed by atoms with van der Waals surface area (Å²) in [6.45, 7) is 0. The molecule has 88 heavy (non-hydrogen) atoms. The van der Waals surface area contributed by atoms with Crippen molar-refractivity contribution in [1.82, 2.24) is 0 Å². The summed E-state index contributed by atoms with van der Waals surface area (Å²) in [5.74, 6) is 0. The van der Waals surface area contributed by atoms with Gasteiger partial charge in [0.2, 0.25) is 0 Å². The lowest BCUT2D eigenvalue weighted by Crippen LogP contribution is -1.92. The maximum absolute atomic E-state index is 6.13. The molecule has 0 spiro atoms. The molecule has 18 aromatic rings. The van der Waals surface area contributed by atoms with Gasteiger partial charge in [0.15, 0.2) is 0 Å². The molecule has 0 fully saturated rings. The number of rotatable bonds is 8. The van der Waals surface area contributed by atoms with E-state index in [0.29, 0.717) is 0 Å². The minimum atomic E-state index is 0.921. The zero-order chi connectivity index (χ0) is 58.1. The van der Waals surface area contributed by atoms with Gasteiger partial charge < -0.3 is 8.83 Å². The van der Waals surface area contributed by atoms with Crippen LogP contribution >= 0.6 is 22.7 Å². The zero-order valence-electron chi connectivity index (χ0n) is 47.7. The summed E-state index contributed by atoms with van der Waals surface area (Å²) in [5, 5.41) is 9.80. The van der Waals surface area contributed by atoms with Crippen molar-refractivity contribution in [2.45, 2.75) is 0 Å². The quantitative estimate of drug-likeness (QED) is 0.152. The molecule has 0 atom stereocenters. The molecule has 0 aliphatic carbocycles. The summed E-state index contributed by atoms with van der Waals surface area (Å²) in [7, 11) is 0. The average Bonchev–Trinajstić information content (AvgIpc) is 1.82. The SMILES string of the molecule is c1ccc(-c2cc(-c3ccccc3)cc(-c3ccc4sc5ccc(-c6ccc7oc8ccccc8c7c6)cc5c4c3)c2)cc1.c1ccc(-c2cc3sc4ccc(-c5ccc6oc7ccccc7c6c5)cc4c3c(-c3ccccc3)c2-c2ccccc2)cc1. The predicted octanol–water partition coefficient (Wildman–Crippen LogP) is 25.2. The van der Waals surface area contributed by atoms with E-state index in [-0.39, 0.29) is 0 Å². The maximum Gasteiger partial charge on any atom is 0.135 e. The summed E-state index contributed by atoms with van der Waals surface area (Å²) < 4.78 is 17.4. The molecule has 4 aromatic heterocycles. The second kappa shape index (κ2) is 21.6. The first-order chi connectivity index (χ1) is 43.6. The third kappa shape index (κ3) is 9.17. The summed E-state index contributed by atoms with van der Waals surface area (Å²) in [6.07, 6.45) is 0. The van der Waals surface area contributed by atoms with Crippen LogP contribution in [0.3, 0.4) is 0 Å². The minimum Gasteiger partial charge on any atom is -0.456 e. The Morgan fingerprint density at radius 1 is 0.182 bits per heavy atom. The normalized spacial score (nSPS) is 11.6. The van der Waals surface area contributed by atoms with Crippen LogP contribution in [0.5, 0.6) is 0 Å². The number of furan rings is 2. The van der Waals surface area contributed by atoms with Gasteiger partial charge >= 0.3 is 0 Å². The first kappa shape index (κ1) is 51.5. The lowest BCUT2D eigenvalue weighted by molar-refractivity contribution is 0.668. The molecule has 0 saturated heterocycles. The van der Waals surface area contributed by atoms with Gasteiger partial charge in [-0.2, -0.15) is 0 Å². The number of thiophene rings is 2. The summed E-state index contributed by atoms with van der Waals surface area (Å²) >= 11 is 3.74. The highest BCUT2D eigenvalue weighted by Crippen LogP contribution is 2.51. The van der Waals surface area contributed by atoms with E-state index in [1.807, 2.05) is 46.9 Å². The molecule has 18 rings (SSSR count). The number of hydrogen-bond donors (Lipinski definition) is 0. The Bertz CT molecular complexity index is 5600. The molecule has 0 saturated carbocycles. The second-order valence-electron chi connectivity index (χ2n) is 22.6. The summed E-state index contributed by atoms with van der Waals surface area (Å²) in [4.78, 5) is 0. The number of hydrogen-bond acceptors (Lipinski definition) is 4. The molecule has 0 aliphatic rings. The van der Waals surface area contributed by atoms with Gasteiger partial charge in [-0.3, -0.25) is 0 Å². The highest BCUT2D eigenvalue weighted by Gasteiger charge is 2.22. The Morgan fingerprint density at radius 3 is 0.989 bits per heavy atom. The fraction of sp³-hybridized carbons (Fsp3) is 0. The van der Waals surface area contributed by atoms with Crippen LogP contribution in [0.25, 0.3) is 173 Å². The van der Waals surface area contributed by atoms with Crippen molar-refractivity contribution in [2.75, 3.05) is 0 Å². The lowest BCUT2D eigenvalue weighted by Gasteiger charge is -2.18. The van der Waals surface area contributed by atoms with E-state index in [4.69, 9.17) is 8.83 Å². The summed E-state index contributed by atoms with van der Waals surface area (Å²) in [5.41, 5.74) is 23.3. The molecule has 4 heteroatoms. The average molecular weight is 1160 g/mol. The maximum atomic E-state index is 6.13. The molecule has 14 aromatic carbocycles. The van der Waals surface area contributed by atoms with E-state index < -0.39 is 0 Å². The monoisotopic (exact) mass is 1160 g/mol. The van der Waals surface area contributed by atoms with Gasteiger partial charge in [-0.05, 0) is 186 Å². The Labute approximate surface area is 516 Å². The fourth-order valence-corrected chi connectivity index (χ4v) is 15.3. The van der Waals surface area contributed by atoms with Crippen molar-refractivity contribution in [3.05, 3.63) is 315 Å². The van der Waals surface area contributed by atoms with Crippen LogP contribution in [-0.2, 0) is 0 Å². The molecule has 4 heterocycles. The van der Waals surface area contributed by atoms with Gasteiger partial charge in [0.05, 0.1) is 0 Å². The van der Waals surface area contributed by atoms with Crippen molar-refractivity contribution in [1.29, 1.82) is 0 Å². The fourth-order valence-electron chi connectivity index (χ4n) is 13.1. The van der Waals surface area contributed by atoms with Crippen molar-refractivity contribution >= 4 is 107 Å². The molecule has 0 N–H and O–H groups in total. The van der Waals surface area contributed by atoms with E-state index in [2.05, 4.69) is 291 Å². The Hall–Kier alpha value is -10.9. The zero-order valence-corrected chi connectivity index (χ0v) is 49.3. The topological polar surface area (TPSA) is 26.3 Å². The Morgan fingerprint density at radius 2 is 0.511 bits per heavy atom. The third-order valence-corrected chi connectivity index (χ3v) is 19.6. The third-order valence-electron chi connectivity index (χ3n) is 17.3. The van der Waals surface area contributed by atoms with Crippen molar-refractivity contribution in [3.63, 3.8) is 0 Å². The van der Waals surface area contributed by atoms with E-state index in [0.717, 1.165) is 43.9 Å². The first-order valence-corrected chi connectivity index (χ1v) is 31.5.